The topological polar surface area (TPSA) is 22.3 Å². The van der Waals surface area contributed by atoms with Crippen LogP contribution >= 0.6 is 0 Å². The Bertz CT molecular complexity index is 2960. The minimum absolute atomic E-state index is 0.819. The molecular weight excluding hydrogens is 611 g/mol. The van der Waals surface area contributed by atoms with Gasteiger partial charge in [0.05, 0.1) is 39.1 Å². The molecule has 0 fully saturated rings. The summed E-state index contributed by atoms with van der Waals surface area (Å²) in [5, 5.41) is 7.43. The maximum atomic E-state index is 6.72. The van der Waals surface area contributed by atoms with Gasteiger partial charge in [-0.2, -0.15) is 0 Å². The summed E-state index contributed by atoms with van der Waals surface area (Å²) in [4.78, 5) is 2.29. The van der Waals surface area contributed by atoms with Crippen LogP contribution in [0.5, 0.6) is 11.5 Å². The lowest BCUT2D eigenvalue weighted by atomic mass is 9.99. The molecule has 0 N–H and O–H groups in total. The third-order valence-electron chi connectivity index (χ3n) is 10.2. The van der Waals surface area contributed by atoms with Gasteiger partial charge in [0, 0.05) is 44.4 Å². The number of nitrogens with zero attached hydrogens (tertiary/aromatic N) is 3. The van der Waals surface area contributed by atoms with E-state index < -0.39 is 0 Å². The van der Waals surface area contributed by atoms with Crippen LogP contribution < -0.4 is 9.64 Å². The summed E-state index contributed by atoms with van der Waals surface area (Å²) in [6.07, 6.45) is 0. The van der Waals surface area contributed by atoms with E-state index >= 15 is 0 Å². The highest BCUT2D eigenvalue weighted by atomic mass is 16.5. The molecule has 10 aromatic rings. The average Bonchev–Trinajstić information content (AvgIpc) is 3.71. The third-order valence-corrected chi connectivity index (χ3v) is 10.2. The van der Waals surface area contributed by atoms with E-state index in [0.29, 0.717) is 0 Å². The van der Waals surface area contributed by atoms with E-state index in [0.717, 1.165) is 45.5 Å². The zero-order chi connectivity index (χ0) is 32.8. The number of hydrogen-bond donors (Lipinski definition) is 0. The van der Waals surface area contributed by atoms with Gasteiger partial charge in [-0.05, 0) is 66.0 Å². The molecule has 0 unspecified atom stereocenters. The zero-order valence-electron chi connectivity index (χ0n) is 27.0. The molecule has 0 aliphatic carbocycles. The molecule has 1 aliphatic rings. The van der Waals surface area contributed by atoms with Gasteiger partial charge in [-0.25, -0.2) is 0 Å². The molecule has 11 rings (SSSR count). The predicted octanol–water partition coefficient (Wildman–Crippen LogP) is 12.6. The van der Waals surface area contributed by atoms with Crippen molar-refractivity contribution in [2.45, 2.75) is 0 Å². The summed E-state index contributed by atoms with van der Waals surface area (Å²) in [6, 6.07) is 62.7. The van der Waals surface area contributed by atoms with E-state index in [1.165, 1.54) is 48.9 Å². The molecule has 3 heterocycles. The van der Waals surface area contributed by atoms with Crippen LogP contribution in [0.2, 0.25) is 0 Å². The highest BCUT2D eigenvalue weighted by Gasteiger charge is 2.28. The van der Waals surface area contributed by atoms with E-state index in [2.05, 4.69) is 184 Å². The quantitative estimate of drug-likeness (QED) is 0.192. The van der Waals surface area contributed by atoms with Crippen molar-refractivity contribution in [1.29, 1.82) is 0 Å². The van der Waals surface area contributed by atoms with E-state index in [1.807, 2.05) is 6.07 Å². The fourth-order valence-corrected chi connectivity index (χ4v) is 8.25. The van der Waals surface area contributed by atoms with Crippen LogP contribution in [0, 0.1) is 0 Å². The number of rotatable bonds is 3. The van der Waals surface area contributed by atoms with Crippen LogP contribution in [-0.2, 0) is 0 Å². The summed E-state index contributed by atoms with van der Waals surface area (Å²) in [6.45, 7) is 0. The highest BCUT2D eigenvalue weighted by molar-refractivity contribution is 6.36. The minimum atomic E-state index is 0.819. The van der Waals surface area contributed by atoms with Gasteiger partial charge in [0.25, 0.3) is 0 Å². The van der Waals surface area contributed by atoms with Crippen LogP contribution in [0.4, 0.5) is 17.1 Å². The number of aromatic nitrogens is 2. The smallest absolute Gasteiger partial charge is 0.153 e. The van der Waals surface area contributed by atoms with Crippen LogP contribution in [0.3, 0.4) is 0 Å². The second kappa shape index (κ2) is 10.4. The second-order valence-electron chi connectivity index (χ2n) is 12.9. The Labute approximate surface area is 288 Å². The largest absolute Gasteiger partial charge is 0.453 e. The predicted molar refractivity (Wildman–Crippen MR) is 207 cm³/mol. The first-order valence-electron chi connectivity index (χ1n) is 17.0. The van der Waals surface area contributed by atoms with Crippen LogP contribution in [0.1, 0.15) is 0 Å². The second-order valence-corrected chi connectivity index (χ2v) is 12.9. The Morgan fingerprint density at radius 2 is 0.880 bits per heavy atom. The van der Waals surface area contributed by atoms with Crippen molar-refractivity contribution in [1.82, 2.24) is 9.13 Å². The van der Waals surface area contributed by atoms with Gasteiger partial charge in [0.15, 0.2) is 11.5 Å². The maximum absolute atomic E-state index is 6.72. The van der Waals surface area contributed by atoms with Gasteiger partial charge in [-0.15, -0.1) is 0 Å². The fraction of sp³-hybridized carbons (Fsp3) is 0. The molecule has 4 heteroatoms. The van der Waals surface area contributed by atoms with Crippen LogP contribution in [-0.4, -0.2) is 9.13 Å². The first-order chi connectivity index (χ1) is 24.8. The number of benzene rings is 8. The van der Waals surface area contributed by atoms with Crippen molar-refractivity contribution >= 4 is 71.4 Å². The first-order valence-corrected chi connectivity index (χ1v) is 17.0. The molecule has 0 radical (unpaired) electrons. The molecule has 234 valence electrons. The summed E-state index contributed by atoms with van der Waals surface area (Å²) >= 11 is 0. The summed E-state index contributed by atoms with van der Waals surface area (Å²) in [5.74, 6) is 1.65. The number of fused-ring (bicyclic) bond motifs is 12. The summed E-state index contributed by atoms with van der Waals surface area (Å²) < 4.78 is 11.6. The number of hydrogen-bond acceptors (Lipinski definition) is 2. The van der Waals surface area contributed by atoms with E-state index in [1.54, 1.807) is 0 Å². The molecule has 4 nitrogen and oxygen atoms in total. The number of ether oxygens (including phenoxy) is 1. The Morgan fingerprint density at radius 1 is 0.340 bits per heavy atom. The molecule has 0 saturated heterocycles. The Hall–Kier alpha value is -6.78. The standard InChI is InChI=1S/C46H29N3O/c1-3-15-30(16-4-1)47-39-25-13-14-26-41(39)50-42-29-32(27-28-40(42)47)49-37-23-11-9-21-35(37)43-33-19-7-8-20-34(33)45-44(46(43)49)36-22-10-12-24-38(36)48(45)31-17-5-2-6-18-31/h1-29H. The van der Waals surface area contributed by atoms with Gasteiger partial charge in [0.1, 0.15) is 0 Å². The molecule has 0 bridgehead atoms. The van der Waals surface area contributed by atoms with Crippen molar-refractivity contribution in [2.24, 2.45) is 0 Å². The average molecular weight is 640 g/mol. The third kappa shape index (κ3) is 3.70. The molecule has 0 atom stereocenters. The molecule has 0 saturated carbocycles. The highest BCUT2D eigenvalue weighted by Crippen LogP contribution is 2.52. The van der Waals surface area contributed by atoms with Crippen molar-refractivity contribution in [3.8, 4) is 22.9 Å². The SMILES string of the molecule is c1ccc(N2c3ccccc3Oc3cc(-n4c5ccccc5c5c6ccccc6c6c(c7ccccc7n6-c6ccccc6)c54)ccc32)cc1. The van der Waals surface area contributed by atoms with Gasteiger partial charge in [-0.3, -0.25) is 0 Å². The molecule has 2 aromatic heterocycles. The van der Waals surface area contributed by atoms with E-state index in [-0.39, 0.29) is 0 Å². The Balaban J connectivity index is 1.29. The first kappa shape index (κ1) is 27.2. The normalized spacial score (nSPS) is 12.5. The van der Waals surface area contributed by atoms with Crippen molar-refractivity contribution < 1.29 is 4.74 Å². The fourth-order valence-electron chi connectivity index (χ4n) is 8.25. The minimum Gasteiger partial charge on any atom is -0.453 e. The van der Waals surface area contributed by atoms with Crippen molar-refractivity contribution in [3.63, 3.8) is 0 Å². The molecule has 1 aliphatic heterocycles. The molecule has 8 aromatic carbocycles. The van der Waals surface area contributed by atoms with E-state index in [4.69, 9.17) is 4.74 Å². The molecule has 0 spiro atoms. The van der Waals surface area contributed by atoms with Crippen molar-refractivity contribution in [3.05, 3.63) is 176 Å². The zero-order valence-corrected chi connectivity index (χ0v) is 27.0. The number of para-hydroxylation sites is 6. The van der Waals surface area contributed by atoms with Gasteiger partial charge in [-0.1, -0.05) is 109 Å². The number of anilines is 3. The van der Waals surface area contributed by atoms with E-state index in [9.17, 15) is 0 Å². The van der Waals surface area contributed by atoms with Gasteiger partial charge in [0.2, 0.25) is 0 Å². The summed E-state index contributed by atoms with van der Waals surface area (Å²) in [7, 11) is 0. The van der Waals surface area contributed by atoms with Gasteiger partial charge < -0.3 is 18.8 Å². The maximum Gasteiger partial charge on any atom is 0.153 e. The molecule has 50 heavy (non-hydrogen) atoms. The lowest BCUT2D eigenvalue weighted by Crippen LogP contribution is -2.15. The molecular formula is C46H29N3O. The van der Waals surface area contributed by atoms with Crippen LogP contribution in [0.15, 0.2) is 176 Å². The monoisotopic (exact) mass is 639 g/mol. The lowest BCUT2D eigenvalue weighted by Gasteiger charge is -2.33. The Morgan fingerprint density at radius 3 is 1.62 bits per heavy atom. The Kier molecular flexibility index (Phi) is 5.63. The lowest BCUT2D eigenvalue weighted by molar-refractivity contribution is 0.477. The van der Waals surface area contributed by atoms with Crippen molar-refractivity contribution in [2.75, 3.05) is 4.90 Å². The summed E-state index contributed by atoms with van der Waals surface area (Å²) in [5.41, 5.74) is 10.1. The van der Waals surface area contributed by atoms with Gasteiger partial charge >= 0.3 is 0 Å². The molecule has 0 amide bonds. The van der Waals surface area contributed by atoms with Crippen LogP contribution in [0.25, 0.3) is 65.8 Å².